The van der Waals surface area contributed by atoms with E-state index in [2.05, 4.69) is 17.2 Å². The molecule has 1 aromatic heterocycles. The van der Waals surface area contributed by atoms with Crippen LogP contribution >= 0.6 is 0 Å². The minimum Gasteiger partial charge on any atom is -0.326 e. The zero-order valence-electron chi connectivity index (χ0n) is 10.8. The van der Waals surface area contributed by atoms with E-state index in [1.165, 1.54) is 6.92 Å². The van der Waals surface area contributed by atoms with E-state index in [0.717, 1.165) is 28.1 Å². The van der Waals surface area contributed by atoms with Crippen LogP contribution in [-0.4, -0.2) is 10.9 Å². The van der Waals surface area contributed by atoms with Gasteiger partial charge in [0.1, 0.15) is 0 Å². The van der Waals surface area contributed by atoms with Gasteiger partial charge in [-0.1, -0.05) is 12.1 Å². The molecule has 0 atom stereocenters. The van der Waals surface area contributed by atoms with E-state index in [0.29, 0.717) is 0 Å². The highest BCUT2D eigenvalue weighted by Gasteiger charge is 2.05. The summed E-state index contributed by atoms with van der Waals surface area (Å²) in [6, 6.07) is 9.83. The number of carbonyl (C=O) groups excluding carboxylic acids is 1. The Balaban J connectivity index is 2.44. The van der Waals surface area contributed by atoms with Crippen LogP contribution in [0.2, 0.25) is 0 Å². The Morgan fingerprint density at radius 1 is 1.22 bits per heavy atom. The first-order valence-electron chi connectivity index (χ1n) is 5.88. The molecule has 0 radical (unpaired) electrons. The molecule has 0 aliphatic rings. The Morgan fingerprint density at radius 2 is 2.00 bits per heavy atom. The maximum absolute atomic E-state index is 11.1. The second-order valence-corrected chi connectivity index (χ2v) is 4.33. The Bertz CT molecular complexity index is 591. The second kappa shape index (κ2) is 5.00. The SMILES string of the molecule is CC(=O)Nc1cccc(-c2ccnc(C)c2C)c1. The zero-order valence-corrected chi connectivity index (χ0v) is 10.8. The Labute approximate surface area is 107 Å². The van der Waals surface area contributed by atoms with E-state index in [1.54, 1.807) is 0 Å². The van der Waals surface area contributed by atoms with E-state index in [1.807, 2.05) is 43.5 Å². The molecule has 0 bridgehead atoms. The number of pyridine rings is 1. The van der Waals surface area contributed by atoms with Crippen molar-refractivity contribution in [3.8, 4) is 11.1 Å². The van der Waals surface area contributed by atoms with Crippen molar-refractivity contribution in [2.45, 2.75) is 20.8 Å². The minimum absolute atomic E-state index is 0.0604. The molecule has 1 amide bonds. The lowest BCUT2D eigenvalue weighted by Crippen LogP contribution is -2.05. The molecule has 0 unspecified atom stereocenters. The van der Waals surface area contributed by atoms with Gasteiger partial charge < -0.3 is 5.32 Å². The average Bonchev–Trinajstić information content (AvgIpc) is 2.32. The summed E-state index contributed by atoms with van der Waals surface area (Å²) in [7, 11) is 0. The maximum Gasteiger partial charge on any atom is 0.221 e. The van der Waals surface area contributed by atoms with Gasteiger partial charge in [-0.25, -0.2) is 0 Å². The highest BCUT2D eigenvalue weighted by molar-refractivity contribution is 5.89. The molecule has 0 aliphatic heterocycles. The molecule has 0 spiro atoms. The lowest BCUT2D eigenvalue weighted by atomic mass is 10.00. The van der Waals surface area contributed by atoms with Crippen molar-refractivity contribution >= 4 is 11.6 Å². The normalized spacial score (nSPS) is 10.2. The van der Waals surface area contributed by atoms with E-state index < -0.39 is 0 Å². The summed E-state index contributed by atoms with van der Waals surface area (Å²) in [5.41, 5.74) is 5.24. The number of rotatable bonds is 2. The molecule has 0 aliphatic carbocycles. The molecule has 18 heavy (non-hydrogen) atoms. The topological polar surface area (TPSA) is 42.0 Å². The molecule has 0 saturated carbocycles. The van der Waals surface area contributed by atoms with Gasteiger partial charge in [-0.05, 0) is 48.7 Å². The van der Waals surface area contributed by atoms with Crippen LogP contribution in [0.25, 0.3) is 11.1 Å². The van der Waals surface area contributed by atoms with Crippen LogP contribution < -0.4 is 5.32 Å². The summed E-state index contributed by atoms with van der Waals surface area (Å²) in [5, 5.41) is 2.79. The number of nitrogens with one attached hydrogen (secondary N) is 1. The van der Waals surface area contributed by atoms with Crippen LogP contribution in [0.1, 0.15) is 18.2 Å². The lowest BCUT2D eigenvalue weighted by Gasteiger charge is -2.10. The van der Waals surface area contributed by atoms with Crippen LogP contribution in [0.3, 0.4) is 0 Å². The summed E-state index contributed by atoms with van der Waals surface area (Å²) in [6.45, 7) is 5.56. The largest absolute Gasteiger partial charge is 0.326 e. The Morgan fingerprint density at radius 3 is 2.72 bits per heavy atom. The minimum atomic E-state index is -0.0604. The maximum atomic E-state index is 11.1. The number of aryl methyl sites for hydroxylation is 1. The van der Waals surface area contributed by atoms with Crippen molar-refractivity contribution in [2.24, 2.45) is 0 Å². The highest BCUT2D eigenvalue weighted by atomic mass is 16.1. The Kier molecular flexibility index (Phi) is 3.42. The third-order valence-corrected chi connectivity index (χ3v) is 2.95. The molecule has 3 nitrogen and oxygen atoms in total. The van der Waals surface area contributed by atoms with Gasteiger partial charge in [-0.2, -0.15) is 0 Å². The van der Waals surface area contributed by atoms with Crippen molar-refractivity contribution in [1.29, 1.82) is 0 Å². The molecular weight excluding hydrogens is 224 g/mol. The third-order valence-electron chi connectivity index (χ3n) is 2.95. The van der Waals surface area contributed by atoms with Crippen LogP contribution in [0.4, 0.5) is 5.69 Å². The molecule has 0 fully saturated rings. The van der Waals surface area contributed by atoms with Crippen LogP contribution in [0.5, 0.6) is 0 Å². The fourth-order valence-electron chi connectivity index (χ4n) is 1.92. The third kappa shape index (κ3) is 2.56. The van der Waals surface area contributed by atoms with Crippen molar-refractivity contribution in [3.63, 3.8) is 0 Å². The van der Waals surface area contributed by atoms with E-state index in [4.69, 9.17) is 0 Å². The summed E-state index contributed by atoms with van der Waals surface area (Å²) in [4.78, 5) is 15.3. The fraction of sp³-hybridized carbons (Fsp3) is 0.200. The summed E-state index contributed by atoms with van der Waals surface area (Å²) >= 11 is 0. The fourth-order valence-corrected chi connectivity index (χ4v) is 1.92. The monoisotopic (exact) mass is 240 g/mol. The number of benzene rings is 1. The quantitative estimate of drug-likeness (QED) is 0.874. The van der Waals surface area contributed by atoms with E-state index in [9.17, 15) is 4.79 Å². The van der Waals surface area contributed by atoms with Gasteiger partial charge in [0.2, 0.25) is 5.91 Å². The highest BCUT2D eigenvalue weighted by Crippen LogP contribution is 2.26. The molecule has 92 valence electrons. The number of nitrogens with zero attached hydrogens (tertiary/aromatic N) is 1. The van der Waals surface area contributed by atoms with Crippen LogP contribution in [0.15, 0.2) is 36.5 Å². The summed E-state index contributed by atoms with van der Waals surface area (Å²) in [6.07, 6.45) is 1.81. The number of amides is 1. The van der Waals surface area contributed by atoms with Gasteiger partial charge in [0.05, 0.1) is 0 Å². The van der Waals surface area contributed by atoms with Crippen molar-refractivity contribution in [2.75, 3.05) is 5.32 Å². The van der Waals surface area contributed by atoms with Crippen molar-refractivity contribution in [3.05, 3.63) is 47.8 Å². The zero-order chi connectivity index (χ0) is 13.1. The Hall–Kier alpha value is -2.16. The average molecular weight is 240 g/mol. The van der Waals surface area contributed by atoms with Gasteiger partial charge in [-0.3, -0.25) is 9.78 Å². The number of carbonyl (C=O) groups is 1. The predicted octanol–water partition coefficient (Wildman–Crippen LogP) is 3.32. The van der Waals surface area contributed by atoms with Crippen LogP contribution in [-0.2, 0) is 4.79 Å². The second-order valence-electron chi connectivity index (χ2n) is 4.33. The lowest BCUT2D eigenvalue weighted by molar-refractivity contribution is -0.114. The predicted molar refractivity (Wildman–Crippen MR) is 73.5 cm³/mol. The smallest absolute Gasteiger partial charge is 0.221 e. The number of anilines is 1. The molecule has 2 rings (SSSR count). The standard InChI is InChI=1S/C15H16N2O/c1-10-11(2)16-8-7-15(10)13-5-4-6-14(9-13)17-12(3)18/h4-9H,1-3H3,(H,17,18). The van der Waals surface area contributed by atoms with Crippen molar-refractivity contribution < 1.29 is 4.79 Å². The first-order chi connectivity index (χ1) is 8.58. The molecule has 0 saturated heterocycles. The molecule has 1 heterocycles. The first kappa shape index (κ1) is 12.3. The van der Waals surface area contributed by atoms with Gasteiger partial charge in [0.25, 0.3) is 0 Å². The van der Waals surface area contributed by atoms with Crippen LogP contribution in [0, 0.1) is 13.8 Å². The van der Waals surface area contributed by atoms with E-state index in [-0.39, 0.29) is 5.91 Å². The number of hydrogen-bond acceptors (Lipinski definition) is 2. The molecule has 2 aromatic rings. The molecule has 3 heteroatoms. The number of aromatic nitrogens is 1. The summed E-state index contributed by atoms with van der Waals surface area (Å²) < 4.78 is 0. The van der Waals surface area contributed by atoms with Gasteiger partial charge >= 0.3 is 0 Å². The van der Waals surface area contributed by atoms with Crippen molar-refractivity contribution in [1.82, 2.24) is 4.98 Å². The number of hydrogen-bond donors (Lipinski definition) is 1. The molecule has 1 N–H and O–H groups in total. The van der Waals surface area contributed by atoms with Gasteiger partial charge in [-0.15, -0.1) is 0 Å². The molecular formula is C15H16N2O. The first-order valence-corrected chi connectivity index (χ1v) is 5.88. The van der Waals surface area contributed by atoms with E-state index >= 15 is 0 Å². The van der Waals surface area contributed by atoms with Gasteiger partial charge in [0, 0.05) is 24.5 Å². The molecule has 1 aromatic carbocycles. The van der Waals surface area contributed by atoms with Gasteiger partial charge in [0.15, 0.2) is 0 Å². The summed E-state index contributed by atoms with van der Waals surface area (Å²) in [5.74, 6) is -0.0604.